The molecule has 11 heteroatoms. The number of carbonyl (C=O) groups excluding carboxylic acids is 2. The molecule has 0 aromatic heterocycles. The van der Waals surface area contributed by atoms with Crippen LogP contribution in [0.15, 0.2) is 36.4 Å². The summed E-state index contributed by atoms with van der Waals surface area (Å²) in [6.07, 6.45) is -7.59. The molecule has 11 nitrogen and oxygen atoms in total. The quantitative estimate of drug-likeness (QED) is 0.283. The van der Waals surface area contributed by atoms with Gasteiger partial charge in [0.1, 0.15) is 35.9 Å². The Morgan fingerprint density at radius 3 is 1.97 bits per heavy atom. The highest BCUT2D eigenvalue weighted by Crippen LogP contribution is 2.33. The van der Waals surface area contributed by atoms with Crippen molar-refractivity contribution >= 4 is 11.6 Å². The van der Waals surface area contributed by atoms with E-state index in [1.54, 1.807) is 6.07 Å². The maximum absolute atomic E-state index is 12.9. The van der Waals surface area contributed by atoms with Gasteiger partial charge in [-0.05, 0) is 30.3 Å². The molecular weight excluding hydrogens is 452 g/mol. The smallest absolute Gasteiger partial charge is 0.233 e. The van der Waals surface area contributed by atoms with E-state index in [4.69, 9.17) is 23.7 Å². The van der Waals surface area contributed by atoms with Crippen LogP contribution >= 0.6 is 0 Å². The average Bonchev–Trinajstić information content (AvgIpc) is 2.87. The van der Waals surface area contributed by atoms with Gasteiger partial charge in [0, 0.05) is 17.2 Å². The van der Waals surface area contributed by atoms with E-state index in [9.17, 15) is 30.0 Å². The monoisotopic (exact) mass is 478 g/mol. The lowest BCUT2D eigenvalue weighted by molar-refractivity contribution is -0.277. The maximum Gasteiger partial charge on any atom is 0.233 e. The minimum absolute atomic E-state index is 0.0489. The largest absolute Gasteiger partial charge is 0.497 e. The van der Waals surface area contributed by atoms with Crippen molar-refractivity contribution in [2.24, 2.45) is 0 Å². The van der Waals surface area contributed by atoms with Crippen LogP contribution in [-0.2, 0) is 4.74 Å². The topological polar surface area (TPSA) is 161 Å². The molecule has 4 N–H and O–H groups in total. The van der Waals surface area contributed by atoms with Crippen molar-refractivity contribution in [3.05, 3.63) is 47.5 Å². The highest BCUT2D eigenvalue weighted by Gasteiger charge is 2.45. The molecule has 0 bridgehead atoms. The Morgan fingerprint density at radius 2 is 1.41 bits per heavy atom. The first-order valence-electron chi connectivity index (χ1n) is 10.2. The molecule has 0 aliphatic carbocycles. The Bertz CT molecular complexity index is 1010. The summed E-state index contributed by atoms with van der Waals surface area (Å²) < 4.78 is 26.4. The second-order valence-electron chi connectivity index (χ2n) is 7.44. The van der Waals surface area contributed by atoms with E-state index in [-0.39, 0.29) is 22.6 Å². The standard InChI is InChI=1S/C23H26O11/c1-30-13-6-12(7-14(9-13)31-2)19(26)18(25)11-4-5-15(32-3)16(8-11)33-23-22(29)21(28)20(27)17(10-24)34-23/h4-9,17,20-24,27-29H,10H2,1-3H3/t17-,20-,21+,22-,23-/m1/s1. The average molecular weight is 478 g/mol. The van der Waals surface area contributed by atoms with Crippen LogP contribution in [0.25, 0.3) is 0 Å². The molecular formula is C23H26O11. The van der Waals surface area contributed by atoms with E-state index in [2.05, 4.69) is 0 Å². The molecule has 2 aromatic carbocycles. The molecule has 1 fully saturated rings. The predicted octanol–water partition coefficient (Wildman–Crippen LogP) is -0.0433. The molecule has 0 amide bonds. The lowest BCUT2D eigenvalue weighted by Crippen LogP contribution is -2.60. The Balaban J connectivity index is 1.89. The molecule has 0 spiro atoms. The third kappa shape index (κ3) is 5.13. The number of rotatable bonds is 9. The Labute approximate surface area is 195 Å². The number of Topliss-reactive ketones (excluding diaryl/α,β-unsaturated/α-hetero) is 2. The van der Waals surface area contributed by atoms with Crippen molar-refractivity contribution in [3.63, 3.8) is 0 Å². The van der Waals surface area contributed by atoms with Crippen molar-refractivity contribution < 1.29 is 53.7 Å². The van der Waals surface area contributed by atoms with Gasteiger partial charge in [0.2, 0.25) is 17.9 Å². The number of aliphatic hydroxyl groups is 4. The molecule has 0 radical (unpaired) electrons. The maximum atomic E-state index is 12.9. The SMILES string of the molecule is COc1cc(OC)cc(C(=O)C(=O)c2ccc(OC)c(O[C@@H]3O[C@H](CO)[C@@H](O)[C@H](O)[C@H]3O)c2)c1. The summed E-state index contributed by atoms with van der Waals surface area (Å²) in [5.74, 6) is -0.968. The molecule has 34 heavy (non-hydrogen) atoms. The predicted molar refractivity (Wildman–Crippen MR) is 116 cm³/mol. The highest BCUT2D eigenvalue weighted by atomic mass is 16.7. The molecule has 1 saturated heterocycles. The summed E-state index contributed by atoms with van der Waals surface area (Å²) >= 11 is 0. The summed E-state index contributed by atoms with van der Waals surface area (Å²) in [6.45, 7) is -0.640. The molecule has 1 aliphatic heterocycles. The van der Waals surface area contributed by atoms with Crippen molar-refractivity contribution in [3.8, 4) is 23.0 Å². The molecule has 3 rings (SSSR count). The normalized spacial score (nSPS) is 24.3. The van der Waals surface area contributed by atoms with E-state index < -0.39 is 48.9 Å². The molecule has 1 heterocycles. The number of ether oxygens (including phenoxy) is 5. The fourth-order valence-electron chi connectivity index (χ4n) is 3.40. The minimum Gasteiger partial charge on any atom is -0.497 e. The molecule has 0 unspecified atom stereocenters. The van der Waals surface area contributed by atoms with E-state index in [0.717, 1.165) is 0 Å². The van der Waals surface area contributed by atoms with E-state index in [1.165, 1.54) is 51.7 Å². The summed E-state index contributed by atoms with van der Waals surface area (Å²) in [5, 5.41) is 39.5. The molecule has 5 atom stereocenters. The summed E-state index contributed by atoms with van der Waals surface area (Å²) in [4.78, 5) is 25.8. The van der Waals surface area contributed by atoms with E-state index in [1.807, 2.05) is 0 Å². The van der Waals surface area contributed by atoms with Crippen molar-refractivity contribution in [1.29, 1.82) is 0 Å². The number of hydrogen-bond donors (Lipinski definition) is 4. The summed E-state index contributed by atoms with van der Waals surface area (Å²) in [5.41, 5.74) is 0.000553. The fourth-order valence-corrected chi connectivity index (χ4v) is 3.40. The first-order chi connectivity index (χ1) is 16.2. The van der Waals surface area contributed by atoms with Crippen LogP contribution in [0, 0.1) is 0 Å². The van der Waals surface area contributed by atoms with Gasteiger partial charge in [-0.2, -0.15) is 0 Å². The zero-order valence-corrected chi connectivity index (χ0v) is 18.7. The number of hydrogen-bond acceptors (Lipinski definition) is 11. The van der Waals surface area contributed by atoms with Gasteiger partial charge in [0.15, 0.2) is 11.5 Å². The van der Waals surface area contributed by atoms with Gasteiger partial charge in [-0.15, -0.1) is 0 Å². The number of methoxy groups -OCH3 is 3. The van der Waals surface area contributed by atoms with Crippen LogP contribution in [0.3, 0.4) is 0 Å². The van der Waals surface area contributed by atoms with Gasteiger partial charge in [0.25, 0.3) is 0 Å². The Morgan fingerprint density at radius 1 is 0.794 bits per heavy atom. The molecule has 184 valence electrons. The van der Waals surface area contributed by atoms with Gasteiger partial charge >= 0.3 is 0 Å². The van der Waals surface area contributed by atoms with Crippen molar-refractivity contribution in [2.75, 3.05) is 27.9 Å². The first-order valence-corrected chi connectivity index (χ1v) is 10.2. The van der Waals surface area contributed by atoms with E-state index in [0.29, 0.717) is 11.5 Å². The van der Waals surface area contributed by atoms with Crippen LogP contribution < -0.4 is 18.9 Å². The number of ketones is 2. The molecule has 2 aromatic rings. The number of carbonyl (C=O) groups is 2. The Kier molecular flexibility index (Phi) is 8.07. The van der Waals surface area contributed by atoms with Gasteiger partial charge in [-0.1, -0.05) is 0 Å². The third-order valence-corrected chi connectivity index (χ3v) is 5.34. The fraction of sp³-hybridized carbons (Fsp3) is 0.391. The van der Waals surface area contributed by atoms with Gasteiger partial charge in [-0.25, -0.2) is 0 Å². The molecule has 0 saturated carbocycles. The van der Waals surface area contributed by atoms with E-state index >= 15 is 0 Å². The second-order valence-corrected chi connectivity index (χ2v) is 7.44. The number of aliphatic hydroxyl groups excluding tert-OH is 4. The van der Waals surface area contributed by atoms with Gasteiger partial charge in [0.05, 0.1) is 27.9 Å². The zero-order valence-electron chi connectivity index (χ0n) is 18.7. The summed E-state index contributed by atoms with van der Waals surface area (Å²) in [7, 11) is 4.17. The van der Waals surface area contributed by atoms with Crippen LogP contribution in [0.4, 0.5) is 0 Å². The van der Waals surface area contributed by atoms with Crippen LogP contribution in [0.5, 0.6) is 23.0 Å². The molecule has 1 aliphatic rings. The Hall–Kier alpha value is -3.22. The lowest BCUT2D eigenvalue weighted by Gasteiger charge is -2.39. The first kappa shape index (κ1) is 25.4. The van der Waals surface area contributed by atoms with Gasteiger partial charge in [-0.3, -0.25) is 9.59 Å². The van der Waals surface area contributed by atoms with Crippen LogP contribution in [0.2, 0.25) is 0 Å². The highest BCUT2D eigenvalue weighted by molar-refractivity contribution is 6.49. The van der Waals surface area contributed by atoms with Crippen LogP contribution in [-0.4, -0.2) is 90.6 Å². The summed E-state index contributed by atoms with van der Waals surface area (Å²) in [6, 6.07) is 8.32. The third-order valence-electron chi connectivity index (χ3n) is 5.34. The van der Waals surface area contributed by atoms with Crippen molar-refractivity contribution in [2.45, 2.75) is 30.7 Å². The zero-order chi connectivity index (χ0) is 25.0. The lowest BCUT2D eigenvalue weighted by atomic mass is 9.99. The van der Waals surface area contributed by atoms with Crippen LogP contribution in [0.1, 0.15) is 20.7 Å². The van der Waals surface area contributed by atoms with Crippen molar-refractivity contribution in [1.82, 2.24) is 0 Å². The minimum atomic E-state index is -1.67. The number of benzene rings is 2. The van der Waals surface area contributed by atoms with Gasteiger partial charge < -0.3 is 44.1 Å². The second kappa shape index (κ2) is 10.8.